The lowest BCUT2D eigenvalue weighted by atomic mass is 10.1. The number of benzene rings is 1. The molecular weight excluding hydrogens is 211 g/mol. The van der Waals surface area contributed by atoms with Gasteiger partial charge < -0.3 is 0 Å². The van der Waals surface area contributed by atoms with Gasteiger partial charge in [-0.15, -0.1) is 0 Å². The van der Waals surface area contributed by atoms with Crippen molar-refractivity contribution < 1.29 is 9.18 Å². The van der Waals surface area contributed by atoms with Crippen molar-refractivity contribution in [3.05, 3.63) is 35.1 Å². The van der Waals surface area contributed by atoms with E-state index in [4.69, 9.17) is 0 Å². The van der Waals surface area contributed by atoms with Crippen LogP contribution in [0.15, 0.2) is 18.2 Å². The van der Waals surface area contributed by atoms with E-state index in [9.17, 15) is 9.18 Å². The normalized spacial score (nSPS) is 9.27. The molecule has 0 saturated carbocycles. The van der Waals surface area contributed by atoms with Crippen LogP contribution in [0.4, 0.5) is 4.39 Å². The van der Waals surface area contributed by atoms with E-state index in [0.717, 1.165) is 17.3 Å². The fraction of sp³-hybridized carbons (Fsp3) is 0.250. The molecule has 0 spiro atoms. The summed E-state index contributed by atoms with van der Waals surface area (Å²) in [6.07, 6.45) is 0. The van der Waals surface area contributed by atoms with Gasteiger partial charge in [0, 0.05) is 6.92 Å². The van der Waals surface area contributed by atoms with E-state index in [1.54, 1.807) is 6.07 Å². The van der Waals surface area contributed by atoms with E-state index in [1.807, 2.05) is 13.0 Å². The summed E-state index contributed by atoms with van der Waals surface area (Å²) in [6, 6.07) is 4.85. The van der Waals surface area contributed by atoms with Crippen molar-refractivity contribution in [1.82, 2.24) is 0 Å². The molecule has 0 unspecified atom stereocenters. The molecule has 0 aromatic heterocycles. The van der Waals surface area contributed by atoms with Crippen LogP contribution in [0.5, 0.6) is 0 Å². The Kier molecular flexibility index (Phi) is 4.38. The van der Waals surface area contributed by atoms with Crippen molar-refractivity contribution in [2.24, 2.45) is 0 Å². The molecule has 0 saturated heterocycles. The maximum absolute atomic E-state index is 13.3. The van der Waals surface area contributed by atoms with Gasteiger partial charge in [0.15, 0.2) is 5.12 Å². The molecule has 0 radical (unpaired) electrons. The minimum atomic E-state index is -0.310. The Bertz CT molecular complexity index is 409. The van der Waals surface area contributed by atoms with Gasteiger partial charge >= 0.3 is 0 Å². The molecule has 1 nitrogen and oxygen atoms in total. The monoisotopic (exact) mass is 222 g/mol. The number of hydrogen-bond donors (Lipinski definition) is 0. The van der Waals surface area contributed by atoms with Gasteiger partial charge in [-0.2, -0.15) is 0 Å². The van der Waals surface area contributed by atoms with Gasteiger partial charge in [0.25, 0.3) is 0 Å². The van der Waals surface area contributed by atoms with Crippen LogP contribution in [0.2, 0.25) is 0 Å². The summed E-state index contributed by atoms with van der Waals surface area (Å²) in [5.74, 6) is 5.60. The second-order valence-electron chi connectivity index (χ2n) is 3.01. The second-order valence-corrected chi connectivity index (χ2v) is 4.17. The Morgan fingerprint density at radius 1 is 1.53 bits per heavy atom. The SMILES string of the molecule is CC(=O)SCC#Cc1c(C)cccc1F. The molecule has 0 N–H and O–H groups in total. The fourth-order valence-corrected chi connectivity index (χ4v) is 1.40. The predicted molar refractivity (Wildman–Crippen MR) is 61.2 cm³/mol. The van der Waals surface area contributed by atoms with Gasteiger partial charge in [-0.1, -0.05) is 35.7 Å². The molecule has 1 aromatic rings. The molecule has 1 rings (SSSR count). The zero-order chi connectivity index (χ0) is 11.3. The molecule has 78 valence electrons. The average Bonchev–Trinajstić information content (AvgIpc) is 2.15. The second kappa shape index (κ2) is 5.57. The number of halogens is 1. The van der Waals surface area contributed by atoms with Gasteiger partial charge in [0.2, 0.25) is 0 Å². The number of aryl methyl sites for hydroxylation is 1. The van der Waals surface area contributed by atoms with E-state index in [1.165, 1.54) is 13.0 Å². The van der Waals surface area contributed by atoms with Crippen molar-refractivity contribution in [1.29, 1.82) is 0 Å². The highest BCUT2D eigenvalue weighted by Crippen LogP contribution is 2.10. The highest BCUT2D eigenvalue weighted by Gasteiger charge is 2.00. The van der Waals surface area contributed by atoms with E-state index >= 15 is 0 Å². The molecule has 0 heterocycles. The molecule has 0 aliphatic heterocycles. The summed E-state index contributed by atoms with van der Waals surface area (Å²) in [4.78, 5) is 10.6. The molecule has 0 aliphatic rings. The number of hydrogen-bond acceptors (Lipinski definition) is 2. The Hall–Kier alpha value is -1.27. The molecular formula is C12H11FOS. The van der Waals surface area contributed by atoms with E-state index in [-0.39, 0.29) is 10.9 Å². The first-order chi connectivity index (χ1) is 7.11. The van der Waals surface area contributed by atoms with Crippen LogP contribution in [0.3, 0.4) is 0 Å². The lowest BCUT2D eigenvalue weighted by Crippen LogP contribution is -1.88. The molecule has 3 heteroatoms. The van der Waals surface area contributed by atoms with Gasteiger partial charge in [-0.05, 0) is 18.6 Å². The van der Waals surface area contributed by atoms with Crippen molar-refractivity contribution in [2.75, 3.05) is 5.75 Å². The van der Waals surface area contributed by atoms with E-state index in [2.05, 4.69) is 11.8 Å². The third-order valence-corrected chi connectivity index (χ3v) is 2.48. The minimum Gasteiger partial charge on any atom is -0.288 e. The lowest BCUT2D eigenvalue weighted by Gasteiger charge is -1.97. The zero-order valence-corrected chi connectivity index (χ0v) is 9.45. The molecule has 1 aromatic carbocycles. The van der Waals surface area contributed by atoms with Crippen LogP contribution in [0.25, 0.3) is 0 Å². The van der Waals surface area contributed by atoms with Crippen molar-refractivity contribution >= 4 is 16.9 Å². The molecule has 0 fully saturated rings. The fourth-order valence-electron chi connectivity index (χ4n) is 1.05. The Balaban J connectivity index is 2.75. The summed E-state index contributed by atoms with van der Waals surface area (Å²) in [7, 11) is 0. The van der Waals surface area contributed by atoms with Gasteiger partial charge in [-0.25, -0.2) is 4.39 Å². The standard InChI is InChI=1S/C12H11FOS/c1-9-5-3-7-12(13)11(9)6-4-8-15-10(2)14/h3,5,7H,8H2,1-2H3. The summed E-state index contributed by atoms with van der Waals surface area (Å²) in [5.41, 5.74) is 1.23. The third-order valence-electron chi connectivity index (χ3n) is 1.78. The summed E-state index contributed by atoms with van der Waals surface area (Å²) in [6.45, 7) is 3.30. The van der Waals surface area contributed by atoms with Crippen LogP contribution in [0.1, 0.15) is 18.1 Å². The van der Waals surface area contributed by atoms with Crippen molar-refractivity contribution in [3.63, 3.8) is 0 Å². The Morgan fingerprint density at radius 2 is 2.27 bits per heavy atom. The van der Waals surface area contributed by atoms with Crippen LogP contribution < -0.4 is 0 Å². The number of rotatable bonds is 1. The van der Waals surface area contributed by atoms with Crippen LogP contribution >= 0.6 is 11.8 Å². The van der Waals surface area contributed by atoms with Crippen molar-refractivity contribution in [2.45, 2.75) is 13.8 Å². The summed E-state index contributed by atoms with van der Waals surface area (Å²) < 4.78 is 13.3. The number of carbonyl (C=O) groups is 1. The molecule has 0 aliphatic carbocycles. The molecule has 0 bridgehead atoms. The third kappa shape index (κ3) is 3.77. The predicted octanol–water partition coefficient (Wildman–Crippen LogP) is 2.77. The first-order valence-electron chi connectivity index (χ1n) is 4.48. The topological polar surface area (TPSA) is 17.1 Å². The zero-order valence-electron chi connectivity index (χ0n) is 8.63. The highest BCUT2D eigenvalue weighted by molar-refractivity contribution is 8.13. The van der Waals surface area contributed by atoms with Crippen LogP contribution in [-0.4, -0.2) is 10.9 Å². The van der Waals surface area contributed by atoms with Crippen LogP contribution in [-0.2, 0) is 4.79 Å². The van der Waals surface area contributed by atoms with E-state index < -0.39 is 0 Å². The molecule has 15 heavy (non-hydrogen) atoms. The van der Waals surface area contributed by atoms with E-state index in [0.29, 0.717) is 11.3 Å². The Morgan fingerprint density at radius 3 is 2.87 bits per heavy atom. The summed E-state index contributed by atoms with van der Waals surface area (Å²) in [5, 5.41) is 0.0227. The molecule has 0 amide bonds. The van der Waals surface area contributed by atoms with Gasteiger partial charge in [-0.3, -0.25) is 4.79 Å². The lowest BCUT2D eigenvalue weighted by molar-refractivity contribution is -0.109. The quantitative estimate of drug-likeness (QED) is 0.680. The minimum absolute atomic E-state index is 0.0227. The number of thioether (sulfide) groups is 1. The highest BCUT2D eigenvalue weighted by atomic mass is 32.2. The molecule has 0 atom stereocenters. The largest absolute Gasteiger partial charge is 0.288 e. The maximum atomic E-state index is 13.3. The maximum Gasteiger partial charge on any atom is 0.186 e. The van der Waals surface area contributed by atoms with Crippen LogP contribution in [0, 0.1) is 24.6 Å². The van der Waals surface area contributed by atoms with Gasteiger partial charge in [0.1, 0.15) is 5.82 Å². The summed E-state index contributed by atoms with van der Waals surface area (Å²) >= 11 is 1.13. The van der Waals surface area contributed by atoms with Crippen molar-refractivity contribution in [3.8, 4) is 11.8 Å². The smallest absolute Gasteiger partial charge is 0.186 e. The van der Waals surface area contributed by atoms with Gasteiger partial charge in [0.05, 0.1) is 11.3 Å². The average molecular weight is 222 g/mol. The first-order valence-corrected chi connectivity index (χ1v) is 5.47. The number of carbonyl (C=O) groups excluding carboxylic acids is 1. The Labute approximate surface area is 93.1 Å². The first kappa shape index (κ1) is 11.8.